The van der Waals surface area contributed by atoms with Crippen LogP contribution in [0.2, 0.25) is 0 Å². The first-order chi connectivity index (χ1) is 28.8. The topological polar surface area (TPSA) is 0 Å². The fourth-order valence-corrected chi connectivity index (χ4v) is 10.3. The van der Waals surface area contributed by atoms with Crippen molar-refractivity contribution < 1.29 is 0 Å². The largest absolute Gasteiger partial charge is 0.0622 e. The van der Waals surface area contributed by atoms with Crippen LogP contribution >= 0.6 is 0 Å². The van der Waals surface area contributed by atoms with Gasteiger partial charge < -0.3 is 0 Å². The van der Waals surface area contributed by atoms with Crippen molar-refractivity contribution >= 4 is 21.5 Å². The Balaban J connectivity index is 0.878. The zero-order valence-electron chi connectivity index (χ0n) is 35.7. The fraction of sp³-hybridized carbons (Fsp3) is 0.167. The number of rotatable bonds is 4. The average Bonchev–Trinajstić information content (AvgIpc) is 3.63. The fourth-order valence-electron chi connectivity index (χ4n) is 10.3. The molecule has 2 aliphatic carbocycles. The highest BCUT2D eigenvalue weighted by Crippen LogP contribution is 2.53. The van der Waals surface area contributed by atoms with Crippen molar-refractivity contribution in [1.29, 1.82) is 0 Å². The van der Waals surface area contributed by atoms with Crippen molar-refractivity contribution in [3.8, 4) is 66.8 Å². The van der Waals surface area contributed by atoms with Crippen LogP contribution in [0.15, 0.2) is 176 Å². The van der Waals surface area contributed by atoms with Gasteiger partial charge >= 0.3 is 0 Å². The molecule has 2 aliphatic rings. The van der Waals surface area contributed by atoms with E-state index in [9.17, 15) is 0 Å². The minimum absolute atomic E-state index is 0.0899. The molecule has 0 aliphatic heterocycles. The van der Waals surface area contributed by atoms with Gasteiger partial charge in [-0.3, -0.25) is 0 Å². The third-order valence-electron chi connectivity index (χ3n) is 14.0. The Morgan fingerprint density at radius 1 is 0.283 bits per heavy atom. The molecule has 0 aromatic heterocycles. The molecule has 0 bridgehead atoms. The predicted molar refractivity (Wildman–Crippen MR) is 257 cm³/mol. The second-order valence-electron chi connectivity index (χ2n) is 19.5. The van der Waals surface area contributed by atoms with Gasteiger partial charge in [-0.25, -0.2) is 0 Å². The summed E-state index contributed by atoms with van der Waals surface area (Å²) in [4.78, 5) is 0. The molecule has 9 aromatic carbocycles. The average molecular weight is 771 g/mol. The van der Waals surface area contributed by atoms with Crippen molar-refractivity contribution in [2.45, 2.75) is 64.7 Å². The van der Waals surface area contributed by atoms with Crippen LogP contribution in [0.4, 0.5) is 0 Å². The highest BCUT2D eigenvalue weighted by molar-refractivity contribution is 5.94. The van der Waals surface area contributed by atoms with E-state index in [4.69, 9.17) is 0 Å². The van der Waals surface area contributed by atoms with Crippen LogP contribution in [-0.4, -0.2) is 0 Å². The van der Waals surface area contributed by atoms with E-state index in [1.807, 2.05) is 0 Å². The lowest BCUT2D eigenvalue weighted by Crippen LogP contribution is -2.15. The van der Waals surface area contributed by atoms with Crippen molar-refractivity contribution in [2.24, 2.45) is 0 Å². The molecule has 0 spiro atoms. The zero-order valence-corrected chi connectivity index (χ0v) is 35.7. The lowest BCUT2D eigenvalue weighted by molar-refractivity contribution is 0.591. The van der Waals surface area contributed by atoms with Gasteiger partial charge in [0.2, 0.25) is 0 Å². The Hall–Kier alpha value is -6.50. The first-order valence-corrected chi connectivity index (χ1v) is 21.6. The van der Waals surface area contributed by atoms with Gasteiger partial charge in [-0.15, -0.1) is 0 Å². The molecule has 0 fully saturated rings. The molecule has 0 heterocycles. The molecule has 290 valence electrons. The maximum absolute atomic E-state index is 2.46. The second kappa shape index (κ2) is 13.0. The quantitative estimate of drug-likeness (QED) is 0.167. The molecular weight excluding hydrogens is 721 g/mol. The van der Waals surface area contributed by atoms with Crippen LogP contribution in [0.5, 0.6) is 0 Å². The predicted octanol–water partition coefficient (Wildman–Crippen LogP) is 16.6. The highest BCUT2D eigenvalue weighted by Gasteiger charge is 2.38. The summed E-state index contributed by atoms with van der Waals surface area (Å²) in [6, 6.07) is 66.8. The maximum atomic E-state index is 2.46. The Morgan fingerprint density at radius 2 is 0.583 bits per heavy atom. The summed E-state index contributed by atoms with van der Waals surface area (Å²) in [6.45, 7) is 16.4. The monoisotopic (exact) mass is 770 g/mol. The van der Waals surface area contributed by atoms with E-state index in [2.05, 4.69) is 224 Å². The molecule has 0 saturated carbocycles. The van der Waals surface area contributed by atoms with Gasteiger partial charge in [-0.1, -0.05) is 182 Å². The Morgan fingerprint density at radius 3 is 0.950 bits per heavy atom. The van der Waals surface area contributed by atoms with Crippen molar-refractivity contribution in [2.75, 3.05) is 0 Å². The molecule has 9 aromatic rings. The van der Waals surface area contributed by atoms with Crippen LogP contribution in [-0.2, 0) is 16.2 Å². The minimum atomic E-state index is -0.128. The zero-order chi connectivity index (χ0) is 41.1. The van der Waals surface area contributed by atoms with Crippen LogP contribution in [0, 0.1) is 0 Å². The van der Waals surface area contributed by atoms with E-state index in [1.165, 1.54) is 116 Å². The minimum Gasteiger partial charge on any atom is -0.0622 e. The smallest absolute Gasteiger partial charge is 0.0159 e. The summed E-state index contributed by atoms with van der Waals surface area (Å²) in [5, 5.41) is 5.10. The van der Waals surface area contributed by atoms with Gasteiger partial charge in [0, 0.05) is 10.8 Å². The first-order valence-electron chi connectivity index (χ1n) is 21.6. The van der Waals surface area contributed by atoms with E-state index in [0.29, 0.717) is 0 Å². The van der Waals surface area contributed by atoms with Crippen LogP contribution in [0.1, 0.15) is 76.3 Å². The van der Waals surface area contributed by atoms with Crippen molar-refractivity contribution in [3.63, 3.8) is 0 Å². The van der Waals surface area contributed by atoms with Crippen LogP contribution in [0.25, 0.3) is 88.3 Å². The molecular formula is C60H50. The first kappa shape index (κ1) is 36.6. The van der Waals surface area contributed by atoms with Crippen LogP contribution < -0.4 is 0 Å². The van der Waals surface area contributed by atoms with Gasteiger partial charge in [0.15, 0.2) is 0 Å². The molecule has 0 unspecified atom stereocenters. The summed E-state index contributed by atoms with van der Waals surface area (Å²) >= 11 is 0. The Bertz CT molecular complexity index is 3220. The number of benzene rings is 9. The van der Waals surface area contributed by atoms with E-state index >= 15 is 0 Å². The molecule has 0 atom stereocenters. The van der Waals surface area contributed by atoms with Crippen molar-refractivity contribution in [1.82, 2.24) is 0 Å². The molecule has 0 saturated heterocycles. The van der Waals surface area contributed by atoms with Gasteiger partial charge in [-0.2, -0.15) is 0 Å². The van der Waals surface area contributed by atoms with Gasteiger partial charge in [0.1, 0.15) is 0 Å². The SMILES string of the molecule is CC(C)(C)c1ccc2cc(-c3ccc4cc(-c5ccc6c(c5)C(C)(C)c5cc(-c7ccc8c(c7)C(C)(C)c7cc(-c9ccccc9)ccc7-8)ccc5-6)ccc4c3)ccc2c1. The van der Waals surface area contributed by atoms with Crippen molar-refractivity contribution in [3.05, 3.63) is 204 Å². The second-order valence-corrected chi connectivity index (χ2v) is 19.5. The third-order valence-corrected chi connectivity index (χ3v) is 14.0. The summed E-state index contributed by atoms with van der Waals surface area (Å²) in [5.41, 5.74) is 22.4. The van der Waals surface area contributed by atoms with Crippen LogP contribution in [0.3, 0.4) is 0 Å². The Labute approximate surface area is 355 Å². The molecule has 0 heteroatoms. The van der Waals surface area contributed by atoms with Gasteiger partial charge in [-0.05, 0) is 164 Å². The standard InChI is InChI=1S/C60H50/c1-58(2,3)49-24-19-43-31-41(17-18-44(43)32-49)38-13-14-40-30-42(16-15-39(40)29-38)46-21-26-51-53-28-23-48(36-57(53)60(6,7)55(51)34-46)47-22-27-52-50-25-20-45(37-11-9-8-10-12-37)33-54(50)59(4,5)56(52)35-47/h8-36H,1-7H3. The maximum Gasteiger partial charge on any atom is 0.0159 e. The molecule has 60 heavy (non-hydrogen) atoms. The van der Waals surface area contributed by atoms with Gasteiger partial charge in [0.25, 0.3) is 0 Å². The summed E-state index contributed by atoms with van der Waals surface area (Å²) < 4.78 is 0. The third kappa shape index (κ3) is 5.72. The van der Waals surface area contributed by atoms with E-state index in [1.54, 1.807) is 0 Å². The van der Waals surface area contributed by atoms with E-state index in [-0.39, 0.29) is 16.2 Å². The molecule has 0 amide bonds. The Kier molecular flexibility index (Phi) is 7.92. The summed E-state index contributed by atoms with van der Waals surface area (Å²) in [7, 11) is 0. The molecule has 0 radical (unpaired) electrons. The lowest BCUT2D eigenvalue weighted by Gasteiger charge is -2.24. The molecule has 0 nitrogen and oxygen atoms in total. The normalized spacial score (nSPS) is 14.5. The number of hydrogen-bond donors (Lipinski definition) is 0. The number of fused-ring (bicyclic) bond motifs is 8. The summed E-state index contributed by atoms with van der Waals surface area (Å²) in [5.74, 6) is 0. The van der Waals surface area contributed by atoms with E-state index in [0.717, 1.165) is 0 Å². The lowest BCUT2D eigenvalue weighted by atomic mass is 9.79. The van der Waals surface area contributed by atoms with E-state index < -0.39 is 0 Å². The highest BCUT2D eigenvalue weighted by atomic mass is 14.4. The number of hydrogen-bond acceptors (Lipinski definition) is 0. The molecule has 0 N–H and O–H groups in total. The summed E-state index contributed by atoms with van der Waals surface area (Å²) in [6.07, 6.45) is 0. The van der Waals surface area contributed by atoms with Gasteiger partial charge in [0.05, 0.1) is 0 Å². The molecule has 11 rings (SSSR count).